The van der Waals surface area contributed by atoms with Gasteiger partial charge in [-0.2, -0.15) is 4.98 Å². The Kier molecular flexibility index (Phi) is 3.66. The van der Waals surface area contributed by atoms with Gasteiger partial charge in [-0.3, -0.25) is 4.90 Å². The molecule has 4 rings (SSSR count). The van der Waals surface area contributed by atoms with E-state index in [2.05, 4.69) is 15.0 Å². The number of benzene rings is 1. The van der Waals surface area contributed by atoms with Crippen molar-refractivity contribution in [3.05, 3.63) is 47.4 Å². The molecule has 0 N–H and O–H groups in total. The molecule has 22 heavy (non-hydrogen) atoms. The van der Waals surface area contributed by atoms with E-state index in [0.29, 0.717) is 11.8 Å². The zero-order valence-electron chi connectivity index (χ0n) is 12.5. The molecule has 2 heterocycles. The lowest BCUT2D eigenvalue weighted by molar-refractivity contribution is 0.187. The fourth-order valence-corrected chi connectivity index (χ4v) is 3.11. The molecule has 2 fully saturated rings. The molecule has 0 atom stereocenters. The molecule has 116 valence electrons. The van der Waals surface area contributed by atoms with E-state index in [-0.39, 0.29) is 5.82 Å². The second kappa shape index (κ2) is 5.80. The van der Waals surface area contributed by atoms with Gasteiger partial charge in [-0.05, 0) is 56.5 Å². The molecule has 0 bridgehead atoms. The van der Waals surface area contributed by atoms with Crippen molar-refractivity contribution < 1.29 is 8.91 Å². The molecule has 0 amide bonds. The molecule has 1 aromatic carbocycles. The Hall–Kier alpha value is -1.75. The summed E-state index contributed by atoms with van der Waals surface area (Å²) < 4.78 is 18.4. The maximum Gasteiger partial charge on any atom is 0.229 e. The molecular formula is C17H20FN3O. The van der Waals surface area contributed by atoms with Gasteiger partial charge in [-0.1, -0.05) is 17.3 Å². The van der Waals surface area contributed by atoms with Crippen LogP contribution in [0.1, 0.15) is 54.8 Å². The van der Waals surface area contributed by atoms with Crippen molar-refractivity contribution in [2.24, 2.45) is 0 Å². The van der Waals surface area contributed by atoms with Crippen molar-refractivity contribution in [2.45, 2.75) is 44.1 Å². The summed E-state index contributed by atoms with van der Waals surface area (Å²) in [5, 5.41) is 4.11. The summed E-state index contributed by atoms with van der Waals surface area (Å²) in [6, 6.07) is 6.78. The van der Waals surface area contributed by atoms with Gasteiger partial charge in [-0.25, -0.2) is 4.39 Å². The van der Waals surface area contributed by atoms with Crippen molar-refractivity contribution >= 4 is 0 Å². The zero-order valence-corrected chi connectivity index (χ0v) is 12.5. The molecule has 2 aliphatic rings. The van der Waals surface area contributed by atoms with Gasteiger partial charge in [0, 0.05) is 18.4 Å². The minimum atomic E-state index is -0.176. The number of piperidine rings is 1. The number of hydrogen-bond acceptors (Lipinski definition) is 4. The standard InChI is InChI=1S/C17H20FN3O/c18-15-5-1-12(2-6-15)11-21-9-7-14(8-10-21)17-19-16(20-22-17)13-3-4-13/h1-2,5-6,13-14H,3-4,7-11H2. The number of aromatic nitrogens is 2. The van der Waals surface area contributed by atoms with Crippen LogP contribution in [-0.2, 0) is 6.54 Å². The van der Waals surface area contributed by atoms with E-state index >= 15 is 0 Å². The normalized spacial score (nSPS) is 20.4. The van der Waals surface area contributed by atoms with Gasteiger partial charge < -0.3 is 4.52 Å². The minimum absolute atomic E-state index is 0.176. The topological polar surface area (TPSA) is 42.2 Å². The lowest BCUT2D eigenvalue weighted by Crippen LogP contribution is -2.32. The third-order valence-corrected chi connectivity index (χ3v) is 4.66. The average molecular weight is 301 g/mol. The van der Waals surface area contributed by atoms with Crippen LogP contribution < -0.4 is 0 Å². The lowest BCUT2D eigenvalue weighted by atomic mass is 9.96. The first-order chi connectivity index (χ1) is 10.8. The summed E-state index contributed by atoms with van der Waals surface area (Å²) in [6.07, 6.45) is 4.51. The molecule has 1 saturated heterocycles. The molecular weight excluding hydrogens is 281 g/mol. The summed E-state index contributed by atoms with van der Waals surface area (Å²) in [4.78, 5) is 6.98. The second-order valence-electron chi connectivity index (χ2n) is 6.44. The Morgan fingerprint density at radius 1 is 1.05 bits per heavy atom. The van der Waals surface area contributed by atoms with E-state index in [0.717, 1.165) is 49.8 Å². The van der Waals surface area contributed by atoms with Crippen LogP contribution in [0.25, 0.3) is 0 Å². The monoisotopic (exact) mass is 301 g/mol. The second-order valence-corrected chi connectivity index (χ2v) is 6.44. The molecule has 1 aliphatic heterocycles. The Bertz CT molecular complexity index is 628. The largest absolute Gasteiger partial charge is 0.339 e. The zero-order chi connectivity index (χ0) is 14.9. The Labute approximate surface area is 129 Å². The van der Waals surface area contributed by atoms with Crippen molar-refractivity contribution in [3.63, 3.8) is 0 Å². The highest BCUT2D eigenvalue weighted by Gasteiger charge is 2.31. The molecule has 5 heteroatoms. The van der Waals surface area contributed by atoms with Crippen LogP contribution in [0.5, 0.6) is 0 Å². The van der Waals surface area contributed by atoms with Gasteiger partial charge in [0.25, 0.3) is 0 Å². The number of hydrogen-bond donors (Lipinski definition) is 0. The van der Waals surface area contributed by atoms with Crippen molar-refractivity contribution in [1.82, 2.24) is 15.0 Å². The van der Waals surface area contributed by atoms with Gasteiger partial charge >= 0.3 is 0 Å². The smallest absolute Gasteiger partial charge is 0.229 e. The molecule has 4 nitrogen and oxygen atoms in total. The van der Waals surface area contributed by atoms with E-state index in [1.807, 2.05) is 12.1 Å². The lowest BCUT2D eigenvalue weighted by Gasteiger charge is -2.30. The van der Waals surface area contributed by atoms with Crippen LogP contribution in [0.15, 0.2) is 28.8 Å². The summed E-state index contributed by atoms with van der Waals surface area (Å²) in [5.41, 5.74) is 1.16. The van der Waals surface area contributed by atoms with Gasteiger partial charge in [-0.15, -0.1) is 0 Å². The van der Waals surface area contributed by atoms with E-state index < -0.39 is 0 Å². The van der Waals surface area contributed by atoms with E-state index in [4.69, 9.17) is 4.52 Å². The molecule has 0 spiro atoms. The van der Waals surface area contributed by atoms with Crippen LogP contribution in [0.3, 0.4) is 0 Å². The number of likely N-dealkylation sites (tertiary alicyclic amines) is 1. The minimum Gasteiger partial charge on any atom is -0.339 e. The predicted molar refractivity (Wildman–Crippen MR) is 79.9 cm³/mol. The van der Waals surface area contributed by atoms with E-state index in [1.54, 1.807) is 0 Å². The van der Waals surface area contributed by atoms with Crippen molar-refractivity contribution in [2.75, 3.05) is 13.1 Å². The maximum atomic E-state index is 12.9. The van der Waals surface area contributed by atoms with Crippen molar-refractivity contribution in [3.8, 4) is 0 Å². The third kappa shape index (κ3) is 3.04. The summed E-state index contributed by atoms with van der Waals surface area (Å²) in [5.74, 6) is 2.50. The first kappa shape index (κ1) is 13.9. The van der Waals surface area contributed by atoms with Crippen LogP contribution in [0, 0.1) is 5.82 Å². The van der Waals surface area contributed by atoms with Crippen molar-refractivity contribution in [1.29, 1.82) is 0 Å². The quantitative estimate of drug-likeness (QED) is 0.867. The van der Waals surface area contributed by atoms with E-state index in [9.17, 15) is 4.39 Å². The predicted octanol–water partition coefficient (Wildman–Crippen LogP) is 3.47. The fraction of sp³-hybridized carbons (Fsp3) is 0.529. The van der Waals surface area contributed by atoms with Crippen LogP contribution in [-0.4, -0.2) is 28.1 Å². The Balaban J connectivity index is 1.32. The highest BCUT2D eigenvalue weighted by Crippen LogP contribution is 2.39. The molecule has 0 radical (unpaired) electrons. The maximum absolute atomic E-state index is 12.9. The van der Waals surface area contributed by atoms with Crippen LogP contribution >= 0.6 is 0 Å². The highest BCUT2D eigenvalue weighted by molar-refractivity contribution is 5.16. The summed E-state index contributed by atoms with van der Waals surface area (Å²) >= 11 is 0. The molecule has 1 aliphatic carbocycles. The molecule has 2 aromatic rings. The Morgan fingerprint density at radius 2 is 1.77 bits per heavy atom. The Morgan fingerprint density at radius 3 is 2.45 bits per heavy atom. The third-order valence-electron chi connectivity index (χ3n) is 4.66. The number of nitrogens with zero attached hydrogens (tertiary/aromatic N) is 3. The summed E-state index contributed by atoms with van der Waals surface area (Å²) in [6.45, 7) is 2.91. The first-order valence-corrected chi connectivity index (χ1v) is 8.08. The van der Waals surface area contributed by atoms with Crippen LogP contribution in [0.2, 0.25) is 0 Å². The summed E-state index contributed by atoms with van der Waals surface area (Å²) in [7, 11) is 0. The van der Waals surface area contributed by atoms with Gasteiger partial charge in [0.2, 0.25) is 5.89 Å². The van der Waals surface area contributed by atoms with Crippen LogP contribution in [0.4, 0.5) is 4.39 Å². The fourth-order valence-electron chi connectivity index (χ4n) is 3.11. The number of halogens is 1. The van der Waals surface area contributed by atoms with E-state index in [1.165, 1.54) is 25.0 Å². The van der Waals surface area contributed by atoms with Gasteiger partial charge in [0.1, 0.15) is 5.82 Å². The SMILES string of the molecule is Fc1ccc(CN2CCC(c3nc(C4CC4)no3)CC2)cc1. The molecule has 1 aromatic heterocycles. The molecule has 0 unspecified atom stereocenters. The first-order valence-electron chi connectivity index (χ1n) is 8.08. The highest BCUT2D eigenvalue weighted by atomic mass is 19.1. The number of rotatable bonds is 4. The molecule has 1 saturated carbocycles. The van der Waals surface area contributed by atoms with Gasteiger partial charge in [0.15, 0.2) is 5.82 Å². The average Bonchev–Trinajstić information content (AvgIpc) is 3.28. The van der Waals surface area contributed by atoms with Gasteiger partial charge in [0.05, 0.1) is 0 Å².